The molecule has 1 aromatic heterocycles. The predicted molar refractivity (Wildman–Crippen MR) is 103 cm³/mol. The number of carbonyl (C=O) groups excluding carboxylic acids is 2. The van der Waals surface area contributed by atoms with Gasteiger partial charge in [-0.2, -0.15) is 0 Å². The van der Waals surface area contributed by atoms with Gasteiger partial charge in [-0.05, 0) is 42.6 Å². The molecular formula is C19H16ClNO4S. The van der Waals surface area contributed by atoms with Gasteiger partial charge < -0.3 is 14.8 Å². The Labute approximate surface area is 159 Å². The van der Waals surface area contributed by atoms with Crippen LogP contribution in [-0.4, -0.2) is 25.1 Å². The average molecular weight is 390 g/mol. The SMILES string of the molecule is COc1ccc(Cl)cc1NC(=O)[C@H](C)OC(=O)c1cc2ccccc2s1. The van der Waals surface area contributed by atoms with Crippen LogP contribution in [0.2, 0.25) is 5.02 Å². The van der Waals surface area contributed by atoms with Crippen LogP contribution in [0.1, 0.15) is 16.6 Å². The van der Waals surface area contributed by atoms with E-state index < -0.39 is 18.0 Å². The number of rotatable bonds is 5. The summed E-state index contributed by atoms with van der Waals surface area (Å²) in [7, 11) is 1.49. The monoisotopic (exact) mass is 389 g/mol. The molecule has 0 bridgehead atoms. The molecule has 0 saturated carbocycles. The van der Waals surface area contributed by atoms with Crippen molar-refractivity contribution in [2.75, 3.05) is 12.4 Å². The number of fused-ring (bicyclic) bond motifs is 1. The number of hydrogen-bond donors (Lipinski definition) is 1. The first kappa shape index (κ1) is 18.2. The lowest BCUT2D eigenvalue weighted by Gasteiger charge is -2.15. The lowest BCUT2D eigenvalue weighted by Crippen LogP contribution is -2.29. The highest BCUT2D eigenvalue weighted by atomic mass is 35.5. The number of hydrogen-bond acceptors (Lipinski definition) is 5. The molecule has 0 radical (unpaired) electrons. The first-order valence-electron chi connectivity index (χ1n) is 7.82. The van der Waals surface area contributed by atoms with E-state index in [1.54, 1.807) is 24.3 Å². The van der Waals surface area contributed by atoms with E-state index in [9.17, 15) is 9.59 Å². The highest BCUT2D eigenvalue weighted by Crippen LogP contribution is 2.28. The Morgan fingerprint density at radius 3 is 2.65 bits per heavy atom. The smallest absolute Gasteiger partial charge is 0.349 e. The molecule has 1 N–H and O–H groups in total. The van der Waals surface area contributed by atoms with Crippen LogP contribution in [-0.2, 0) is 9.53 Å². The van der Waals surface area contributed by atoms with Gasteiger partial charge in [-0.3, -0.25) is 4.79 Å². The molecule has 2 aromatic carbocycles. The summed E-state index contributed by atoms with van der Waals surface area (Å²) in [5.74, 6) is -0.544. The van der Waals surface area contributed by atoms with E-state index in [2.05, 4.69) is 5.32 Å². The number of benzene rings is 2. The molecule has 7 heteroatoms. The molecule has 0 aliphatic heterocycles. The van der Waals surface area contributed by atoms with Crippen LogP contribution in [0.15, 0.2) is 48.5 Å². The summed E-state index contributed by atoms with van der Waals surface area (Å²) in [6.45, 7) is 1.51. The second-order valence-electron chi connectivity index (χ2n) is 5.53. The van der Waals surface area contributed by atoms with Gasteiger partial charge >= 0.3 is 5.97 Å². The molecule has 26 heavy (non-hydrogen) atoms. The zero-order valence-corrected chi connectivity index (χ0v) is 15.7. The van der Waals surface area contributed by atoms with Crippen molar-refractivity contribution < 1.29 is 19.1 Å². The van der Waals surface area contributed by atoms with Crippen LogP contribution in [0.25, 0.3) is 10.1 Å². The molecule has 0 unspecified atom stereocenters. The maximum Gasteiger partial charge on any atom is 0.349 e. The molecule has 0 aliphatic carbocycles. The quantitative estimate of drug-likeness (QED) is 0.639. The van der Waals surface area contributed by atoms with Crippen molar-refractivity contribution in [1.82, 2.24) is 0 Å². The molecule has 0 spiro atoms. The van der Waals surface area contributed by atoms with E-state index >= 15 is 0 Å². The van der Waals surface area contributed by atoms with E-state index in [0.29, 0.717) is 21.3 Å². The Balaban J connectivity index is 1.69. The maximum atomic E-state index is 12.3. The topological polar surface area (TPSA) is 64.6 Å². The summed E-state index contributed by atoms with van der Waals surface area (Å²) in [5.41, 5.74) is 0.412. The van der Waals surface area contributed by atoms with Crippen molar-refractivity contribution in [2.24, 2.45) is 0 Å². The molecule has 0 aliphatic rings. The minimum absolute atomic E-state index is 0.412. The van der Waals surface area contributed by atoms with Crippen molar-refractivity contribution in [3.8, 4) is 5.75 Å². The van der Waals surface area contributed by atoms with Gasteiger partial charge in [-0.1, -0.05) is 29.8 Å². The predicted octanol–water partition coefficient (Wildman–Crippen LogP) is 4.75. The number of amides is 1. The number of esters is 1. The van der Waals surface area contributed by atoms with Crippen molar-refractivity contribution >= 4 is 50.6 Å². The van der Waals surface area contributed by atoms with E-state index in [-0.39, 0.29) is 0 Å². The van der Waals surface area contributed by atoms with Crippen LogP contribution >= 0.6 is 22.9 Å². The lowest BCUT2D eigenvalue weighted by molar-refractivity contribution is -0.123. The molecule has 0 fully saturated rings. The van der Waals surface area contributed by atoms with Crippen LogP contribution in [0, 0.1) is 0 Å². The second kappa shape index (κ2) is 7.76. The number of carbonyl (C=O) groups is 2. The fourth-order valence-corrected chi connectivity index (χ4v) is 3.48. The van der Waals surface area contributed by atoms with Crippen molar-refractivity contribution in [1.29, 1.82) is 0 Å². The first-order chi connectivity index (χ1) is 12.5. The third-order valence-corrected chi connectivity index (χ3v) is 5.03. The Bertz CT molecular complexity index is 936. The molecule has 1 atom stereocenters. The molecule has 1 heterocycles. The molecule has 5 nitrogen and oxygen atoms in total. The van der Waals surface area contributed by atoms with Gasteiger partial charge in [0.25, 0.3) is 5.91 Å². The Hall–Kier alpha value is -2.57. The molecule has 3 aromatic rings. The van der Waals surface area contributed by atoms with Gasteiger partial charge in [0.15, 0.2) is 6.10 Å². The minimum Gasteiger partial charge on any atom is -0.495 e. The number of thiophene rings is 1. The number of ether oxygens (including phenoxy) is 2. The van der Waals surface area contributed by atoms with Gasteiger partial charge in [0.1, 0.15) is 10.6 Å². The van der Waals surface area contributed by atoms with Crippen LogP contribution in [0.3, 0.4) is 0 Å². The molecule has 0 saturated heterocycles. The second-order valence-corrected chi connectivity index (χ2v) is 7.05. The highest BCUT2D eigenvalue weighted by Gasteiger charge is 2.21. The average Bonchev–Trinajstić information content (AvgIpc) is 3.06. The zero-order valence-electron chi connectivity index (χ0n) is 14.1. The summed E-state index contributed by atoms with van der Waals surface area (Å²) >= 11 is 7.28. The Morgan fingerprint density at radius 2 is 1.92 bits per heavy atom. The zero-order chi connectivity index (χ0) is 18.7. The molecule has 3 rings (SSSR count). The van der Waals surface area contributed by atoms with Gasteiger partial charge in [0.2, 0.25) is 0 Å². The summed E-state index contributed by atoms with van der Waals surface area (Å²) in [5, 5.41) is 4.08. The largest absolute Gasteiger partial charge is 0.495 e. The fraction of sp³-hybridized carbons (Fsp3) is 0.158. The van der Waals surface area contributed by atoms with Crippen molar-refractivity contribution in [3.05, 3.63) is 58.4 Å². The number of halogens is 1. The fourth-order valence-electron chi connectivity index (χ4n) is 2.37. The van der Waals surface area contributed by atoms with Gasteiger partial charge in [0.05, 0.1) is 12.8 Å². The lowest BCUT2D eigenvalue weighted by atomic mass is 10.2. The highest BCUT2D eigenvalue weighted by molar-refractivity contribution is 7.20. The summed E-state index contributed by atoms with van der Waals surface area (Å²) < 4.78 is 11.5. The van der Waals surface area contributed by atoms with Gasteiger partial charge in [0, 0.05) is 9.72 Å². The Kier molecular flexibility index (Phi) is 5.44. The van der Waals surface area contributed by atoms with Crippen LogP contribution in [0.5, 0.6) is 5.75 Å². The normalized spacial score (nSPS) is 11.8. The Morgan fingerprint density at radius 1 is 1.15 bits per heavy atom. The molecular weight excluding hydrogens is 374 g/mol. The first-order valence-corrected chi connectivity index (χ1v) is 9.01. The minimum atomic E-state index is -0.976. The van der Waals surface area contributed by atoms with E-state index in [1.807, 2.05) is 24.3 Å². The summed E-state index contributed by atoms with van der Waals surface area (Å²) in [6, 6.07) is 14.3. The van der Waals surface area contributed by atoms with Crippen molar-refractivity contribution in [2.45, 2.75) is 13.0 Å². The number of anilines is 1. The van der Waals surface area contributed by atoms with Gasteiger partial charge in [-0.15, -0.1) is 11.3 Å². The van der Waals surface area contributed by atoms with E-state index in [0.717, 1.165) is 10.1 Å². The van der Waals surface area contributed by atoms with E-state index in [4.69, 9.17) is 21.1 Å². The summed E-state index contributed by atoms with van der Waals surface area (Å²) in [4.78, 5) is 25.1. The standard InChI is InChI=1S/C19H16ClNO4S/c1-11(18(22)21-14-10-13(20)7-8-15(14)24-2)25-19(23)17-9-12-5-3-4-6-16(12)26-17/h3-11H,1-2H3,(H,21,22)/t11-/m0/s1. The van der Waals surface area contributed by atoms with Crippen molar-refractivity contribution in [3.63, 3.8) is 0 Å². The molecule has 1 amide bonds. The number of methoxy groups -OCH3 is 1. The summed E-state index contributed by atoms with van der Waals surface area (Å²) in [6.07, 6.45) is -0.976. The maximum absolute atomic E-state index is 12.3. The van der Waals surface area contributed by atoms with Crippen LogP contribution in [0.4, 0.5) is 5.69 Å². The molecule has 134 valence electrons. The van der Waals surface area contributed by atoms with E-state index in [1.165, 1.54) is 25.4 Å². The third-order valence-electron chi connectivity index (χ3n) is 3.70. The van der Waals surface area contributed by atoms with Gasteiger partial charge in [-0.25, -0.2) is 4.79 Å². The third kappa shape index (κ3) is 3.98. The van der Waals surface area contributed by atoms with Crippen LogP contribution < -0.4 is 10.1 Å². The number of nitrogens with one attached hydrogen (secondary N) is 1.